The van der Waals surface area contributed by atoms with Crippen LogP contribution in [0.4, 0.5) is 0 Å². The second kappa shape index (κ2) is 6.88. The molecule has 3 amide bonds. The quantitative estimate of drug-likeness (QED) is 0.696. The van der Waals surface area contributed by atoms with Crippen LogP contribution in [0.2, 0.25) is 0 Å². The molecule has 8 heteroatoms. The molecule has 0 unspecified atom stereocenters. The number of amides is 3. The van der Waals surface area contributed by atoms with Crippen molar-refractivity contribution in [1.29, 1.82) is 0 Å². The number of carbonyl (C=O) groups is 3. The van der Waals surface area contributed by atoms with Gasteiger partial charge in [-0.15, -0.1) is 0 Å². The van der Waals surface area contributed by atoms with Crippen LogP contribution >= 0.6 is 0 Å². The van der Waals surface area contributed by atoms with Gasteiger partial charge < -0.3 is 24.6 Å². The maximum Gasteiger partial charge on any atom is 0.239 e. The molecule has 1 spiro atoms. The molecule has 1 N–H and O–H groups in total. The number of rotatable bonds is 5. The predicted octanol–water partition coefficient (Wildman–Crippen LogP) is -0.194. The Hall–Kier alpha value is -2.87. The van der Waals surface area contributed by atoms with Gasteiger partial charge in [-0.2, -0.15) is 0 Å². The van der Waals surface area contributed by atoms with Gasteiger partial charge >= 0.3 is 0 Å². The van der Waals surface area contributed by atoms with Crippen LogP contribution in [0.25, 0.3) is 0 Å². The second-order valence-corrected chi connectivity index (χ2v) is 7.93. The molecule has 3 fully saturated rings. The molecule has 4 heterocycles. The normalized spacial score (nSPS) is 32.5. The standard InChI is InChI=1S/C21H23N3O5/c25-16-12-23(9-8-22-16)19(26)17-15-6-7-21(29-15)13-24(20(27)18(17)21)10-11-28-14-4-2-1-3-5-14/h1-7,15,17-18H,8-13H2,(H,22,25)/t15-,17+,18+,21-/m0/s1. The second-order valence-electron chi connectivity index (χ2n) is 7.93. The summed E-state index contributed by atoms with van der Waals surface area (Å²) in [5, 5.41) is 2.72. The van der Waals surface area contributed by atoms with Crippen molar-refractivity contribution in [2.24, 2.45) is 11.8 Å². The van der Waals surface area contributed by atoms with Gasteiger partial charge in [0.05, 0.1) is 37.6 Å². The molecule has 0 saturated carbocycles. The first-order valence-corrected chi connectivity index (χ1v) is 9.97. The third-order valence-corrected chi connectivity index (χ3v) is 6.19. The van der Waals surface area contributed by atoms with Crippen molar-refractivity contribution in [2.75, 3.05) is 39.3 Å². The number of nitrogens with zero attached hydrogens (tertiary/aromatic N) is 2. The molecule has 3 saturated heterocycles. The van der Waals surface area contributed by atoms with Crippen molar-refractivity contribution in [3.05, 3.63) is 42.5 Å². The van der Waals surface area contributed by atoms with Gasteiger partial charge in [0.1, 0.15) is 18.0 Å². The number of nitrogens with one attached hydrogen (secondary N) is 1. The first-order valence-electron chi connectivity index (χ1n) is 9.97. The van der Waals surface area contributed by atoms with Crippen LogP contribution in [-0.2, 0) is 19.1 Å². The Labute approximate surface area is 168 Å². The van der Waals surface area contributed by atoms with Gasteiger partial charge in [-0.1, -0.05) is 30.4 Å². The van der Waals surface area contributed by atoms with E-state index in [1.54, 1.807) is 9.80 Å². The number of hydrogen-bond acceptors (Lipinski definition) is 5. The van der Waals surface area contributed by atoms with E-state index in [-0.39, 0.29) is 24.3 Å². The van der Waals surface area contributed by atoms with Crippen LogP contribution in [0, 0.1) is 11.8 Å². The first kappa shape index (κ1) is 18.2. The average Bonchev–Trinajstić information content (AvgIpc) is 3.37. The summed E-state index contributed by atoms with van der Waals surface area (Å²) in [4.78, 5) is 41.3. The highest BCUT2D eigenvalue weighted by molar-refractivity contribution is 5.94. The number of benzene rings is 1. The molecule has 4 aliphatic heterocycles. The number of carbonyl (C=O) groups excluding carboxylic acids is 3. The highest BCUT2D eigenvalue weighted by Gasteiger charge is 2.67. The van der Waals surface area contributed by atoms with Crippen molar-refractivity contribution in [2.45, 2.75) is 11.7 Å². The van der Waals surface area contributed by atoms with Crippen molar-refractivity contribution in [1.82, 2.24) is 15.1 Å². The summed E-state index contributed by atoms with van der Waals surface area (Å²) in [6, 6.07) is 9.45. The molecule has 0 radical (unpaired) electrons. The summed E-state index contributed by atoms with van der Waals surface area (Å²) in [6.07, 6.45) is 3.43. The lowest BCUT2D eigenvalue weighted by molar-refractivity contribution is -0.146. The zero-order valence-electron chi connectivity index (χ0n) is 16.0. The fourth-order valence-corrected chi connectivity index (χ4v) is 4.88. The van der Waals surface area contributed by atoms with Crippen molar-refractivity contribution in [3.8, 4) is 5.75 Å². The number of piperazine rings is 1. The van der Waals surface area contributed by atoms with Crippen LogP contribution in [0.15, 0.2) is 42.5 Å². The third-order valence-electron chi connectivity index (χ3n) is 6.19. The third kappa shape index (κ3) is 2.98. The van der Waals surface area contributed by atoms with Gasteiger partial charge in [-0.3, -0.25) is 14.4 Å². The largest absolute Gasteiger partial charge is 0.492 e. The van der Waals surface area contributed by atoms with Gasteiger partial charge in [0.15, 0.2) is 0 Å². The molecular formula is C21H23N3O5. The van der Waals surface area contributed by atoms with E-state index in [9.17, 15) is 14.4 Å². The van der Waals surface area contributed by atoms with Crippen molar-refractivity contribution < 1.29 is 23.9 Å². The monoisotopic (exact) mass is 397 g/mol. The minimum absolute atomic E-state index is 0.0360. The van der Waals surface area contributed by atoms with Gasteiger partial charge in [0, 0.05) is 13.1 Å². The summed E-state index contributed by atoms with van der Waals surface area (Å²) >= 11 is 0. The average molecular weight is 397 g/mol. The molecule has 4 atom stereocenters. The number of hydrogen-bond donors (Lipinski definition) is 1. The van der Waals surface area contributed by atoms with E-state index >= 15 is 0 Å². The molecule has 1 aromatic carbocycles. The first-order chi connectivity index (χ1) is 14.1. The SMILES string of the molecule is O=C1CN(C(=O)[C@@H]2[C@@H]3C=C[C@@]4(CN(CCOc5ccccc5)C(=O)[C@@H]24)O3)CCN1. The van der Waals surface area contributed by atoms with Crippen molar-refractivity contribution >= 4 is 17.7 Å². The number of fused-ring (bicyclic) bond motifs is 1. The summed E-state index contributed by atoms with van der Waals surface area (Å²) in [5.41, 5.74) is -0.743. The Balaban J connectivity index is 1.28. The van der Waals surface area contributed by atoms with Gasteiger partial charge in [0.2, 0.25) is 17.7 Å². The van der Waals surface area contributed by atoms with Crippen LogP contribution in [0.1, 0.15) is 0 Å². The van der Waals surface area contributed by atoms with Crippen molar-refractivity contribution in [3.63, 3.8) is 0 Å². The summed E-state index contributed by atoms with van der Waals surface area (Å²) in [7, 11) is 0. The lowest BCUT2D eigenvalue weighted by Crippen LogP contribution is -2.54. The molecule has 8 nitrogen and oxygen atoms in total. The fraction of sp³-hybridized carbons (Fsp3) is 0.476. The highest BCUT2D eigenvalue weighted by Crippen LogP contribution is 2.52. The molecule has 29 heavy (non-hydrogen) atoms. The molecule has 152 valence electrons. The lowest BCUT2D eigenvalue weighted by Gasteiger charge is -2.32. The molecule has 0 aliphatic carbocycles. The fourth-order valence-electron chi connectivity index (χ4n) is 4.88. The van der Waals surface area contributed by atoms with Crippen LogP contribution < -0.4 is 10.1 Å². The number of para-hydroxylation sites is 1. The summed E-state index contributed by atoms with van der Waals surface area (Å²) in [6.45, 7) is 2.16. The topological polar surface area (TPSA) is 88.2 Å². The van der Waals surface area contributed by atoms with Crippen LogP contribution in [-0.4, -0.2) is 78.6 Å². The highest BCUT2D eigenvalue weighted by atomic mass is 16.5. The summed E-state index contributed by atoms with van der Waals surface area (Å²) in [5.74, 6) is -0.766. The number of likely N-dealkylation sites (tertiary alicyclic amines) is 1. The molecular weight excluding hydrogens is 374 g/mol. The Kier molecular flexibility index (Phi) is 4.31. The maximum atomic E-state index is 13.2. The maximum absolute atomic E-state index is 13.2. The molecule has 4 aliphatic rings. The summed E-state index contributed by atoms with van der Waals surface area (Å²) < 4.78 is 11.9. The zero-order valence-corrected chi connectivity index (χ0v) is 16.0. The molecule has 5 rings (SSSR count). The van der Waals surface area contributed by atoms with E-state index in [0.717, 1.165) is 5.75 Å². The van der Waals surface area contributed by atoms with E-state index < -0.39 is 23.5 Å². The predicted molar refractivity (Wildman–Crippen MR) is 102 cm³/mol. The van der Waals surface area contributed by atoms with Gasteiger partial charge in [-0.05, 0) is 12.1 Å². The van der Waals surface area contributed by atoms with Crippen LogP contribution in [0.5, 0.6) is 5.75 Å². The van der Waals surface area contributed by atoms with E-state index in [1.807, 2.05) is 42.5 Å². The smallest absolute Gasteiger partial charge is 0.239 e. The Morgan fingerprint density at radius 2 is 2.10 bits per heavy atom. The van der Waals surface area contributed by atoms with E-state index in [1.165, 1.54) is 0 Å². The Morgan fingerprint density at radius 1 is 1.28 bits per heavy atom. The minimum Gasteiger partial charge on any atom is -0.492 e. The Morgan fingerprint density at radius 3 is 2.90 bits per heavy atom. The van der Waals surface area contributed by atoms with Gasteiger partial charge in [-0.25, -0.2) is 0 Å². The minimum atomic E-state index is -0.743. The van der Waals surface area contributed by atoms with E-state index in [0.29, 0.717) is 32.8 Å². The molecule has 2 bridgehead atoms. The van der Waals surface area contributed by atoms with E-state index in [2.05, 4.69) is 5.32 Å². The van der Waals surface area contributed by atoms with Gasteiger partial charge in [0.25, 0.3) is 0 Å². The zero-order chi connectivity index (χ0) is 20.0. The van der Waals surface area contributed by atoms with Crippen LogP contribution in [0.3, 0.4) is 0 Å². The molecule has 1 aromatic rings. The Bertz CT molecular complexity index is 872. The number of ether oxygens (including phenoxy) is 2. The molecule has 0 aromatic heterocycles. The van der Waals surface area contributed by atoms with E-state index in [4.69, 9.17) is 9.47 Å². The lowest BCUT2D eigenvalue weighted by atomic mass is 9.76.